The van der Waals surface area contributed by atoms with Crippen LogP contribution in [-0.2, 0) is 4.74 Å². The molecule has 18 heavy (non-hydrogen) atoms. The lowest BCUT2D eigenvalue weighted by Crippen LogP contribution is -2.53. The van der Waals surface area contributed by atoms with E-state index in [0.717, 1.165) is 19.3 Å². The molecule has 0 aromatic carbocycles. The molecule has 2 N–H and O–H groups in total. The summed E-state index contributed by atoms with van der Waals surface area (Å²) in [5, 5.41) is 0. The van der Waals surface area contributed by atoms with Crippen LogP contribution in [0.15, 0.2) is 0 Å². The molecule has 1 aliphatic carbocycles. The Kier molecular flexibility index (Phi) is 4.13. The molecule has 0 amide bonds. The number of nitrogens with two attached hydrogens (primary N) is 1. The highest BCUT2D eigenvalue weighted by molar-refractivity contribution is 7.80. The van der Waals surface area contributed by atoms with E-state index in [2.05, 4.69) is 12.2 Å². The van der Waals surface area contributed by atoms with E-state index in [1.54, 1.807) is 0 Å². The number of rotatable bonds is 3. The zero-order valence-electron chi connectivity index (χ0n) is 9.95. The lowest BCUT2D eigenvalue weighted by atomic mass is 10.0. The van der Waals surface area contributed by atoms with Gasteiger partial charge in [-0.1, -0.05) is 12.2 Å². The molecule has 0 aromatic heterocycles. The van der Waals surface area contributed by atoms with Gasteiger partial charge in [0.15, 0.2) is 0 Å². The van der Waals surface area contributed by atoms with E-state index < -0.39 is 17.1 Å². The Morgan fingerprint density at radius 2 is 2.17 bits per heavy atom. The maximum absolute atomic E-state index is 12.8. The summed E-state index contributed by atoms with van der Waals surface area (Å²) in [5.74, 6) is -1.72. The molecule has 2 aliphatic rings. The minimum absolute atomic E-state index is 0.0824. The highest BCUT2D eigenvalue weighted by Gasteiger charge is 2.45. The molecule has 0 bridgehead atoms. The molecule has 2 rings (SSSR count). The van der Waals surface area contributed by atoms with Crippen LogP contribution in [0, 0.1) is 5.92 Å². The molecule has 0 spiro atoms. The molecule has 3 unspecified atom stereocenters. The van der Waals surface area contributed by atoms with Gasteiger partial charge in [-0.2, -0.15) is 13.2 Å². The minimum Gasteiger partial charge on any atom is -0.393 e. The fourth-order valence-corrected chi connectivity index (χ4v) is 3.03. The normalized spacial score (nSPS) is 31.1. The van der Waals surface area contributed by atoms with Crippen molar-refractivity contribution in [3.05, 3.63) is 0 Å². The van der Waals surface area contributed by atoms with Gasteiger partial charge in [0.05, 0.1) is 17.7 Å². The molecule has 3 atom stereocenters. The van der Waals surface area contributed by atoms with Crippen molar-refractivity contribution < 1.29 is 17.9 Å². The molecule has 1 saturated carbocycles. The van der Waals surface area contributed by atoms with Crippen molar-refractivity contribution in [1.29, 1.82) is 0 Å². The Morgan fingerprint density at radius 1 is 1.44 bits per heavy atom. The lowest BCUT2D eigenvalue weighted by molar-refractivity contribution is -0.166. The lowest BCUT2D eigenvalue weighted by Gasteiger charge is -2.39. The molecule has 2 fully saturated rings. The summed E-state index contributed by atoms with van der Waals surface area (Å²) in [6.07, 6.45) is -1.44. The van der Waals surface area contributed by atoms with Gasteiger partial charge in [-0.05, 0) is 19.3 Å². The number of hydrogen-bond acceptors (Lipinski definition) is 3. The predicted octanol–water partition coefficient (Wildman–Crippen LogP) is 1.70. The van der Waals surface area contributed by atoms with Gasteiger partial charge in [0.1, 0.15) is 5.92 Å². The second-order valence-corrected chi connectivity index (χ2v) is 5.37. The summed E-state index contributed by atoms with van der Waals surface area (Å²) < 4.78 is 44.1. The number of thiocarbonyl (C=S) groups is 1. The Hall–Kier alpha value is -0.400. The zero-order valence-corrected chi connectivity index (χ0v) is 10.8. The maximum atomic E-state index is 12.8. The first-order valence-corrected chi connectivity index (χ1v) is 6.52. The number of nitrogens with zero attached hydrogens (tertiary/aromatic N) is 1. The Bertz CT molecular complexity index is 324. The van der Waals surface area contributed by atoms with Crippen LogP contribution in [0.25, 0.3) is 0 Å². The van der Waals surface area contributed by atoms with Crippen molar-refractivity contribution in [2.45, 2.75) is 37.6 Å². The number of alkyl halides is 3. The van der Waals surface area contributed by atoms with Crippen molar-refractivity contribution in [1.82, 2.24) is 4.90 Å². The standard InChI is InChI=1S/C11H17F3N2OS/c12-11(13,14)7(10(15)18)6-16-4-5-17-9-3-1-2-8(9)16/h7-9H,1-6H2,(H2,15,18). The van der Waals surface area contributed by atoms with Gasteiger partial charge in [0.2, 0.25) is 0 Å². The second kappa shape index (κ2) is 5.30. The summed E-state index contributed by atoms with van der Waals surface area (Å²) in [6, 6.07) is 0.0953. The van der Waals surface area contributed by atoms with Crippen LogP contribution in [0.1, 0.15) is 19.3 Å². The van der Waals surface area contributed by atoms with E-state index in [4.69, 9.17) is 10.5 Å². The van der Waals surface area contributed by atoms with Crippen LogP contribution in [-0.4, -0.2) is 47.9 Å². The summed E-state index contributed by atoms with van der Waals surface area (Å²) >= 11 is 4.55. The first kappa shape index (κ1) is 14.0. The average Bonchev–Trinajstić information content (AvgIpc) is 2.72. The van der Waals surface area contributed by atoms with Crippen LogP contribution in [0.3, 0.4) is 0 Å². The highest BCUT2D eigenvalue weighted by atomic mass is 32.1. The SMILES string of the molecule is NC(=S)C(CN1CCOC2CCCC21)C(F)(F)F. The zero-order chi connectivity index (χ0) is 13.3. The van der Waals surface area contributed by atoms with Crippen molar-refractivity contribution in [3.8, 4) is 0 Å². The van der Waals surface area contributed by atoms with E-state index in [-0.39, 0.29) is 18.7 Å². The van der Waals surface area contributed by atoms with Gasteiger partial charge in [-0.15, -0.1) is 0 Å². The molecule has 1 aliphatic heterocycles. The average molecular weight is 282 g/mol. The monoisotopic (exact) mass is 282 g/mol. The first-order chi connectivity index (χ1) is 8.39. The van der Waals surface area contributed by atoms with E-state index in [0.29, 0.717) is 13.2 Å². The summed E-state index contributed by atoms with van der Waals surface area (Å²) in [7, 11) is 0. The molecular weight excluding hydrogens is 265 g/mol. The highest BCUT2D eigenvalue weighted by Crippen LogP contribution is 2.33. The van der Waals surface area contributed by atoms with Gasteiger partial charge in [-0.25, -0.2) is 0 Å². The number of morpholine rings is 1. The largest absolute Gasteiger partial charge is 0.399 e. The Balaban J connectivity index is 2.04. The molecule has 0 radical (unpaired) electrons. The first-order valence-electron chi connectivity index (χ1n) is 6.11. The van der Waals surface area contributed by atoms with Gasteiger partial charge >= 0.3 is 6.18 Å². The van der Waals surface area contributed by atoms with E-state index >= 15 is 0 Å². The fraction of sp³-hybridized carbons (Fsp3) is 0.909. The van der Waals surface area contributed by atoms with E-state index in [1.807, 2.05) is 4.90 Å². The summed E-state index contributed by atoms with van der Waals surface area (Å²) in [5.41, 5.74) is 5.23. The molecule has 104 valence electrons. The summed E-state index contributed by atoms with van der Waals surface area (Å²) in [6.45, 7) is 0.878. The fourth-order valence-electron chi connectivity index (χ4n) is 2.82. The molecule has 3 nitrogen and oxygen atoms in total. The quantitative estimate of drug-likeness (QED) is 0.800. The van der Waals surface area contributed by atoms with E-state index in [9.17, 15) is 13.2 Å². The summed E-state index contributed by atoms with van der Waals surface area (Å²) in [4.78, 5) is 1.38. The van der Waals surface area contributed by atoms with Gasteiger partial charge in [0.25, 0.3) is 0 Å². The van der Waals surface area contributed by atoms with Crippen molar-refractivity contribution in [3.63, 3.8) is 0 Å². The molecule has 7 heteroatoms. The number of halogens is 3. The third kappa shape index (κ3) is 2.95. The predicted molar refractivity (Wildman–Crippen MR) is 65.3 cm³/mol. The smallest absolute Gasteiger partial charge is 0.393 e. The van der Waals surface area contributed by atoms with E-state index in [1.165, 1.54) is 0 Å². The molecule has 1 heterocycles. The van der Waals surface area contributed by atoms with Crippen LogP contribution in [0.2, 0.25) is 0 Å². The number of fused-ring (bicyclic) bond motifs is 1. The van der Waals surface area contributed by atoms with Crippen molar-refractivity contribution in [2.24, 2.45) is 11.7 Å². The van der Waals surface area contributed by atoms with Gasteiger partial charge < -0.3 is 10.5 Å². The van der Waals surface area contributed by atoms with Crippen molar-refractivity contribution >= 4 is 17.2 Å². The third-order valence-electron chi connectivity index (χ3n) is 3.75. The van der Waals surface area contributed by atoms with Crippen LogP contribution >= 0.6 is 12.2 Å². The Morgan fingerprint density at radius 3 is 2.78 bits per heavy atom. The maximum Gasteiger partial charge on any atom is 0.399 e. The number of ether oxygens (including phenoxy) is 1. The van der Waals surface area contributed by atoms with Gasteiger partial charge in [-0.3, -0.25) is 4.90 Å². The molecule has 0 aromatic rings. The Labute approximate surface area is 109 Å². The van der Waals surface area contributed by atoms with Crippen LogP contribution in [0.5, 0.6) is 0 Å². The van der Waals surface area contributed by atoms with Crippen LogP contribution in [0.4, 0.5) is 13.2 Å². The van der Waals surface area contributed by atoms with Crippen molar-refractivity contribution in [2.75, 3.05) is 19.7 Å². The minimum atomic E-state index is -4.36. The van der Waals surface area contributed by atoms with Gasteiger partial charge in [0, 0.05) is 19.1 Å². The molecule has 1 saturated heterocycles. The second-order valence-electron chi connectivity index (χ2n) is 4.90. The molecular formula is C11H17F3N2OS. The van der Waals surface area contributed by atoms with Crippen LogP contribution < -0.4 is 5.73 Å². The third-order valence-corrected chi connectivity index (χ3v) is 4.04. The number of hydrogen-bond donors (Lipinski definition) is 1. The topological polar surface area (TPSA) is 38.5 Å².